The second-order valence-electron chi connectivity index (χ2n) is 9.78. The average Bonchev–Trinajstić information content (AvgIpc) is 3.56. The molecular formula is C27H34F2N4O. The minimum Gasteiger partial charge on any atom is -0.331 e. The highest BCUT2D eigenvalue weighted by atomic mass is 19.1. The number of hydrogen-bond donors (Lipinski definition) is 1. The number of aryl methyl sites for hydroxylation is 1. The Hall–Kier alpha value is -2.80. The number of amides is 1. The fraction of sp³-hybridized carbons (Fsp3) is 0.481. The van der Waals surface area contributed by atoms with E-state index in [1.54, 1.807) is 4.90 Å². The summed E-state index contributed by atoms with van der Waals surface area (Å²) in [7, 11) is 0. The minimum absolute atomic E-state index is 0.161. The normalized spacial score (nSPS) is 13.7. The topological polar surface area (TPSA) is 50.2 Å². The summed E-state index contributed by atoms with van der Waals surface area (Å²) in [6, 6.07) is 9.32. The monoisotopic (exact) mass is 468 g/mol. The molecule has 0 saturated heterocycles. The van der Waals surface area contributed by atoms with Gasteiger partial charge in [0.05, 0.1) is 23.1 Å². The Morgan fingerprint density at radius 1 is 1.21 bits per heavy atom. The van der Waals surface area contributed by atoms with Gasteiger partial charge in [0, 0.05) is 19.6 Å². The van der Waals surface area contributed by atoms with Crippen LogP contribution in [-0.4, -0.2) is 33.4 Å². The summed E-state index contributed by atoms with van der Waals surface area (Å²) in [5.41, 5.74) is 2.85. The van der Waals surface area contributed by atoms with Crippen LogP contribution in [0.15, 0.2) is 36.4 Å². The van der Waals surface area contributed by atoms with Crippen LogP contribution >= 0.6 is 0 Å². The Morgan fingerprint density at radius 3 is 2.71 bits per heavy atom. The summed E-state index contributed by atoms with van der Waals surface area (Å²) in [4.78, 5) is 19.7. The predicted octanol–water partition coefficient (Wildman–Crippen LogP) is 5.52. The van der Waals surface area contributed by atoms with Crippen LogP contribution in [0.2, 0.25) is 0 Å². The largest absolute Gasteiger partial charge is 0.331 e. The highest BCUT2D eigenvalue weighted by Crippen LogP contribution is 2.28. The summed E-state index contributed by atoms with van der Waals surface area (Å²) in [5.74, 6) is -0.127. The van der Waals surface area contributed by atoms with Gasteiger partial charge in [-0.3, -0.25) is 4.79 Å². The minimum atomic E-state index is -0.717. The van der Waals surface area contributed by atoms with Crippen LogP contribution in [0.25, 0.3) is 11.0 Å². The molecule has 0 atom stereocenters. The van der Waals surface area contributed by atoms with Crippen molar-refractivity contribution in [3.05, 3.63) is 65.0 Å². The first-order chi connectivity index (χ1) is 16.4. The third-order valence-electron chi connectivity index (χ3n) is 6.16. The van der Waals surface area contributed by atoms with Crippen molar-refractivity contribution in [3.63, 3.8) is 0 Å². The first kappa shape index (κ1) is 24.3. The second kappa shape index (κ2) is 10.6. The van der Waals surface area contributed by atoms with E-state index < -0.39 is 17.5 Å². The maximum absolute atomic E-state index is 14.4. The molecule has 1 saturated carbocycles. The lowest BCUT2D eigenvalue weighted by Crippen LogP contribution is -2.35. The van der Waals surface area contributed by atoms with E-state index in [2.05, 4.69) is 35.0 Å². The molecule has 34 heavy (non-hydrogen) atoms. The number of carbonyl (C=O) groups excluding carboxylic acids is 1. The third-order valence-corrected chi connectivity index (χ3v) is 6.16. The molecule has 1 N–H and O–H groups in total. The van der Waals surface area contributed by atoms with E-state index in [-0.39, 0.29) is 18.0 Å². The molecule has 1 fully saturated rings. The summed E-state index contributed by atoms with van der Waals surface area (Å²) >= 11 is 0. The van der Waals surface area contributed by atoms with Crippen molar-refractivity contribution in [2.45, 2.75) is 59.7 Å². The van der Waals surface area contributed by atoms with Crippen molar-refractivity contribution < 1.29 is 13.6 Å². The average molecular weight is 469 g/mol. The van der Waals surface area contributed by atoms with Crippen LogP contribution in [0.1, 0.15) is 61.8 Å². The number of fused-ring (bicyclic) bond motifs is 1. The lowest BCUT2D eigenvalue weighted by Gasteiger charge is -2.25. The van der Waals surface area contributed by atoms with Gasteiger partial charge in [-0.15, -0.1) is 0 Å². The molecule has 0 aliphatic heterocycles. The summed E-state index contributed by atoms with van der Waals surface area (Å²) in [6.45, 7) is 9.37. The lowest BCUT2D eigenvalue weighted by molar-refractivity contribution is 0.0711. The number of halogens is 2. The van der Waals surface area contributed by atoms with Crippen LogP contribution in [0, 0.1) is 23.5 Å². The number of benzene rings is 2. The SMILES string of the molecule is CCCn1c(CN(CC(C)C)C(=O)c2cc(F)ccc2F)nc2cc(CNCC3CC3)ccc21. The van der Waals surface area contributed by atoms with Gasteiger partial charge < -0.3 is 14.8 Å². The van der Waals surface area contributed by atoms with Crippen LogP contribution < -0.4 is 5.32 Å². The Labute approximate surface area is 200 Å². The van der Waals surface area contributed by atoms with E-state index in [4.69, 9.17) is 4.98 Å². The maximum Gasteiger partial charge on any atom is 0.257 e. The highest BCUT2D eigenvalue weighted by molar-refractivity contribution is 5.94. The van der Waals surface area contributed by atoms with Crippen molar-refractivity contribution in [1.82, 2.24) is 19.8 Å². The molecule has 0 unspecified atom stereocenters. The van der Waals surface area contributed by atoms with Crippen molar-refractivity contribution in [2.24, 2.45) is 11.8 Å². The first-order valence-electron chi connectivity index (χ1n) is 12.3. The van der Waals surface area contributed by atoms with Gasteiger partial charge in [-0.05, 0) is 73.5 Å². The van der Waals surface area contributed by atoms with Gasteiger partial charge in [-0.1, -0.05) is 26.8 Å². The van der Waals surface area contributed by atoms with Gasteiger partial charge in [-0.25, -0.2) is 13.8 Å². The zero-order chi connectivity index (χ0) is 24.2. The van der Waals surface area contributed by atoms with Crippen molar-refractivity contribution in [3.8, 4) is 0 Å². The van der Waals surface area contributed by atoms with E-state index in [1.165, 1.54) is 18.4 Å². The molecule has 1 aliphatic rings. The zero-order valence-corrected chi connectivity index (χ0v) is 20.3. The van der Waals surface area contributed by atoms with Crippen molar-refractivity contribution in [2.75, 3.05) is 13.1 Å². The van der Waals surface area contributed by atoms with Gasteiger partial charge in [0.25, 0.3) is 5.91 Å². The van der Waals surface area contributed by atoms with Gasteiger partial charge >= 0.3 is 0 Å². The zero-order valence-electron chi connectivity index (χ0n) is 20.3. The van der Waals surface area contributed by atoms with Gasteiger partial charge in [0.15, 0.2) is 0 Å². The number of hydrogen-bond acceptors (Lipinski definition) is 3. The van der Waals surface area contributed by atoms with E-state index in [0.717, 1.165) is 67.0 Å². The Kier molecular flexibility index (Phi) is 7.61. The standard InChI is InChI=1S/C27H34F2N4O/c1-4-11-33-25-10-7-20(15-30-14-19-5-6-19)12-24(25)31-26(33)17-32(16-18(2)3)27(34)22-13-21(28)8-9-23(22)29/h7-10,12-13,18-19,30H,4-6,11,14-17H2,1-3H3. The molecule has 0 radical (unpaired) electrons. The quantitative estimate of drug-likeness (QED) is 0.403. The number of nitrogens with one attached hydrogen (secondary N) is 1. The van der Waals surface area contributed by atoms with Gasteiger partial charge in [-0.2, -0.15) is 0 Å². The van der Waals surface area contributed by atoms with Gasteiger partial charge in [0.2, 0.25) is 0 Å². The highest BCUT2D eigenvalue weighted by Gasteiger charge is 2.24. The Balaban J connectivity index is 1.62. The number of rotatable bonds is 11. The Morgan fingerprint density at radius 2 is 2.00 bits per heavy atom. The second-order valence-corrected chi connectivity index (χ2v) is 9.78. The predicted molar refractivity (Wildman–Crippen MR) is 130 cm³/mol. The van der Waals surface area contributed by atoms with E-state index >= 15 is 0 Å². The number of aromatic nitrogens is 2. The molecule has 1 amide bonds. The molecule has 182 valence electrons. The first-order valence-corrected chi connectivity index (χ1v) is 12.3. The third kappa shape index (κ3) is 5.81. The van der Waals surface area contributed by atoms with Crippen LogP contribution in [0.5, 0.6) is 0 Å². The smallest absolute Gasteiger partial charge is 0.257 e. The van der Waals surface area contributed by atoms with E-state index in [9.17, 15) is 13.6 Å². The summed E-state index contributed by atoms with van der Waals surface area (Å²) in [5, 5.41) is 3.52. The van der Waals surface area contributed by atoms with E-state index in [0.29, 0.717) is 6.54 Å². The van der Waals surface area contributed by atoms with Gasteiger partial charge in [0.1, 0.15) is 17.5 Å². The van der Waals surface area contributed by atoms with Crippen molar-refractivity contribution >= 4 is 16.9 Å². The molecule has 0 bridgehead atoms. The number of imidazole rings is 1. The molecule has 1 aliphatic carbocycles. The molecule has 5 nitrogen and oxygen atoms in total. The fourth-order valence-corrected chi connectivity index (χ4v) is 4.33. The molecule has 1 aromatic heterocycles. The molecule has 4 rings (SSSR count). The fourth-order valence-electron chi connectivity index (χ4n) is 4.33. The van der Waals surface area contributed by atoms with Crippen molar-refractivity contribution in [1.29, 1.82) is 0 Å². The van der Waals surface area contributed by atoms with Crippen LogP contribution in [-0.2, 0) is 19.6 Å². The molecule has 7 heteroatoms. The summed E-state index contributed by atoms with van der Waals surface area (Å²) < 4.78 is 30.3. The molecule has 0 spiro atoms. The molecule has 1 heterocycles. The molecule has 3 aromatic rings. The van der Waals surface area contributed by atoms with E-state index in [1.807, 2.05) is 13.8 Å². The maximum atomic E-state index is 14.4. The number of nitrogens with zero attached hydrogens (tertiary/aromatic N) is 3. The summed E-state index contributed by atoms with van der Waals surface area (Å²) in [6.07, 6.45) is 3.56. The van der Waals surface area contributed by atoms with Crippen LogP contribution in [0.4, 0.5) is 8.78 Å². The lowest BCUT2D eigenvalue weighted by atomic mass is 10.1. The molecule has 2 aromatic carbocycles. The number of carbonyl (C=O) groups is 1. The van der Waals surface area contributed by atoms with Crippen LogP contribution in [0.3, 0.4) is 0 Å². The molecular weight excluding hydrogens is 434 g/mol. The Bertz CT molecular complexity index is 1150.